The molecular weight excluding hydrogens is 144 g/mol. The van der Waals surface area contributed by atoms with Crippen molar-refractivity contribution in [1.82, 2.24) is 0 Å². The second-order valence-corrected chi connectivity index (χ2v) is 2.92. The van der Waals surface area contributed by atoms with Crippen molar-refractivity contribution >= 4 is 11.6 Å². The van der Waals surface area contributed by atoms with Gasteiger partial charge in [0.15, 0.2) is 0 Å². The van der Waals surface area contributed by atoms with Gasteiger partial charge in [0.05, 0.1) is 0 Å². The third kappa shape index (κ3) is 1.32. The summed E-state index contributed by atoms with van der Waals surface area (Å²) >= 11 is 5.92. The average molecular weight is 154 g/mol. The van der Waals surface area contributed by atoms with Gasteiger partial charge in [-0.25, -0.2) is 0 Å². The molecule has 1 aromatic carbocycles. The van der Waals surface area contributed by atoms with Crippen LogP contribution in [-0.4, -0.2) is 0 Å². The number of hydrogen-bond donors (Lipinski definition) is 0. The van der Waals surface area contributed by atoms with Crippen LogP contribution in [0.15, 0.2) is 12.1 Å². The standard InChI is InChI=1S/C9H10Cl/c1-6-4-7(2)9(10)8(3)5-6/h4-5H,1H2,2-3H3. The highest BCUT2D eigenvalue weighted by Crippen LogP contribution is 2.20. The fourth-order valence-electron chi connectivity index (χ4n) is 1.04. The van der Waals surface area contributed by atoms with Crippen molar-refractivity contribution < 1.29 is 0 Å². The Hall–Kier alpha value is -0.490. The second-order valence-electron chi connectivity index (χ2n) is 2.54. The van der Waals surface area contributed by atoms with E-state index in [4.69, 9.17) is 11.6 Å². The maximum Gasteiger partial charge on any atom is 0.0464 e. The molecule has 0 aliphatic rings. The Morgan fingerprint density at radius 2 is 1.60 bits per heavy atom. The van der Waals surface area contributed by atoms with Crippen molar-refractivity contribution in [1.29, 1.82) is 0 Å². The zero-order valence-electron chi connectivity index (χ0n) is 6.24. The lowest BCUT2D eigenvalue weighted by molar-refractivity contribution is 1.36. The fourth-order valence-corrected chi connectivity index (χ4v) is 1.14. The number of rotatable bonds is 0. The first-order chi connectivity index (χ1) is 4.61. The highest BCUT2D eigenvalue weighted by Gasteiger charge is 1.98. The van der Waals surface area contributed by atoms with E-state index in [0.717, 1.165) is 21.7 Å². The monoisotopic (exact) mass is 153 g/mol. The first-order valence-corrected chi connectivity index (χ1v) is 3.58. The van der Waals surface area contributed by atoms with E-state index in [-0.39, 0.29) is 0 Å². The van der Waals surface area contributed by atoms with E-state index in [0.29, 0.717) is 0 Å². The summed E-state index contributed by atoms with van der Waals surface area (Å²) in [6.07, 6.45) is 0. The maximum atomic E-state index is 5.92. The number of benzene rings is 1. The lowest BCUT2D eigenvalue weighted by atomic mass is 10.1. The Labute approximate surface area is 66.8 Å². The van der Waals surface area contributed by atoms with E-state index in [1.807, 2.05) is 26.0 Å². The van der Waals surface area contributed by atoms with Gasteiger partial charge in [0, 0.05) is 5.02 Å². The summed E-state index contributed by atoms with van der Waals surface area (Å²) in [7, 11) is 0. The molecule has 0 N–H and O–H groups in total. The molecule has 1 radical (unpaired) electrons. The Kier molecular flexibility index (Phi) is 2.00. The van der Waals surface area contributed by atoms with Crippen molar-refractivity contribution in [2.45, 2.75) is 13.8 Å². The molecule has 0 saturated carbocycles. The summed E-state index contributed by atoms with van der Waals surface area (Å²) in [5.41, 5.74) is 3.23. The predicted molar refractivity (Wildman–Crippen MR) is 45.4 cm³/mol. The molecule has 0 spiro atoms. The average Bonchev–Trinajstić information content (AvgIpc) is 1.82. The molecule has 0 fully saturated rings. The van der Waals surface area contributed by atoms with Gasteiger partial charge in [-0.2, -0.15) is 0 Å². The number of aryl methyl sites for hydroxylation is 2. The van der Waals surface area contributed by atoms with Gasteiger partial charge in [0.1, 0.15) is 0 Å². The molecule has 0 amide bonds. The van der Waals surface area contributed by atoms with E-state index >= 15 is 0 Å². The van der Waals surface area contributed by atoms with Gasteiger partial charge in [0.2, 0.25) is 0 Å². The van der Waals surface area contributed by atoms with Crippen LogP contribution in [0.2, 0.25) is 5.02 Å². The van der Waals surface area contributed by atoms with Crippen LogP contribution in [-0.2, 0) is 0 Å². The van der Waals surface area contributed by atoms with E-state index in [1.54, 1.807) is 0 Å². The summed E-state index contributed by atoms with van der Waals surface area (Å²) in [5.74, 6) is 0. The largest absolute Gasteiger partial charge is 0.0838 e. The molecule has 0 atom stereocenters. The van der Waals surface area contributed by atoms with E-state index < -0.39 is 0 Å². The highest BCUT2D eigenvalue weighted by molar-refractivity contribution is 6.32. The molecule has 1 heteroatoms. The van der Waals surface area contributed by atoms with E-state index in [9.17, 15) is 0 Å². The Balaban J connectivity index is 3.31. The number of halogens is 1. The van der Waals surface area contributed by atoms with Gasteiger partial charge in [-0.3, -0.25) is 0 Å². The third-order valence-corrected chi connectivity index (χ3v) is 2.09. The van der Waals surface area contributed by atoms with E-state index in [2.05, 4.69) is 6.92 Å². The van der Waals surface area contributed by atoms with Crippen molar-refractivity contribution in [3.63, 3.8) is 0 Å². The molecule has 10 heavy (non-hydrogen) atoms. The third-order valence-electron chi connectivity index (χ3n) is 1.50. The van der Waals surface area contributed by atoms with Crippen LogP contribution in [0.25, 0.3) is 0 Å². The van der Waals surface area contributed by atoms with Crippen LogP contribution < -0.4 is 0 Å². The van der Waals surface area contributed by atoms with Crippen molar-refractivity contribution in [3.8, 4) is 0 Å². The Morgan fingerprint density at radius 3 is 2.00 bits per heavy atom. The molecule has 0 aliphatic carbocycles. The van der Waals surface area contributed by atoms with Crippen LogP contribution >= 0.6 is 11.6 Å². The Bertz CT molecular complexity index is 228. The molecule has 0 aliphatic heterocycles. The molecular formula is C9H10Cl. The van der Waals surface area contributed by atoms with Crippen LogP contribution in [0.3, 0.4) is 0 Å². The summed E-state index contributed by atoms with van der Waals surface area (Å²) in [6.45, 7) is 7.80. The summed E-state index contributed by atoms with van der Waals surface area (Å²) < 4.78 is 0. The van der Waals surface area contributed by atoms with Gasteiger partial charge in [-0.05, 0) is 37.5 Å². The molecule has 0 saturated heterocycles. The minimum Gasteiger partial charge on any atom is -0.0838 e. The smallest absolute Gasteiger partial charge is 0.0464 e. The molecule has 0 bridgehead atoms. The Morgan fingerprint density at radius 1 is 1.20 bits per heavy atom. The molecule has 0 unspecified atom stereocenters. The van der Waals surface area contributed by atoms with Gasteiger partial charge < -0.3 is 0 Å². The zero-order chi connectivity index (χ0) is 7.72. The molecule has 0 heterocycles. The predicted octanol–water partition coefficient (Wildman–Crippen LogP) is 3.14. The van der Waals surface area contributed by atoms with E-state index in [1.165, 1.54) is 0 Å². The lowest BCUT2D eigenvalue weighted by Gasteiger charge is -2.02. The zero-order valence-corrected chi connectivity index (χ0v) is 7.00. The summed E-state index contributed by atoms with van der Waals surface area (Å²) in [5, 5.41) is 0.854. The van der Waals surface area contributed by atoms with Crippen molar-refractivity contribution in [3.05, 3.63) is 40.8 Å². The maximum absolute atomic E-state index is 5.92. The van der Waals surface area contributed by atoms with Gasteiger partial charge in [-0.1, -0.05) is 23.7 Å². The topological polar surface area (TPSA) is 0 Å². The molecule has 53 valence electrons. The first kappa shape index (κ1) is 7.62. The molecule has 1 aromatic rings. The van der Waals surface area contributed by atoms with Crippen LogP contribution in [0.4, 0.5) is 0 Å². The van der Waals surface area contributed by atoms with Crippen LogP contribution in [0.5, 0.6) is 0 Å². The van der Waals surface area contributed by atoms with Gasteiger partial charge in [-0.15, -0.1) is 0 Å². The number of hydrogen-bond acceptors (Lipinski definition) is 0. The molecule has 0 aromatic heterocycles. The molecule has 1 rings (SSSR count). The van der Waals surface area contributed by atoms with Crippen molar-refractivity contribution in [2.75, 3.05) is 0 Å². The highest BCUT2D eigenvalue weighted by atomic mass is 35.5. The second kappa shape index (κ2) is 2.63. The lowest BCUT2D eigenvalue weighted by Crippen LogP contribution is -1.82. The first-order valence-electron chi connectivity index (χ1n) is 3.20. The van der Waals surface area contributed by atoms with Crippen molar-refractivity contribution in [2.24, 2.45) is 0 Å². The minimum atomic E-state index is 0.854. The molecule has 0 nitrogen and oxygen atoms in total. The van der Waals surface area contributed by atoms with Gasteiger partial charge in [0.25, 0.3) is 0 Å². The van der Waals surface area contributed by atoms with Gasteiger partial charge >= 0.3 is 0 Å². The minimum absolute atomic E-state index is 0.854. The SMILES string of the molecule is [CH2]c1cc(C)c(Cl)c(C)c1. The summed E-state index contributed by atoms with van der Waals surface area (Å²) in [6, 6.07) is 3.96. The van der Waals surface area contributed by atoms with Crippen LogP contribution in [0.1, 0.15) is 16.7 Å². The quantitative estimate of drug-likeness (QED) is 0.537. The normalized spacial score (nSPS) is 10.0. The summed E-state index contributed by atoms with van der Waals surface area (Å²) in [4.78, 5) is 0. The fraction of sp³-hybridized carbons (Fsp3) is 0.222. The van der Waals surface area contributed by atoms with Crippen LogP contribution in [0, 0.1) is 20.8 Å².